The Morgan fingerprint density at radius 1 is 1.12 bits per heavy atom. The van der Waals surface area contributed by atoms with E-state index in [-0.39, 0.29) is 5.70 Å². The van der Waals surface area contributed by atoms with E-state index in [4.69, 9.17) is 0 Å². The summed E-state index contributed by atoms with van der Waals surface area (Å²) in [7, 11) is 0. The molecule has 2 amide bonds. The standard InChI is InChI=1S/C16H18N2O6/c1-10(19)17-13(9-11-5-3-2-4-6-11)15(22)18-12(16(23)24)7-8-14(20)21/h2-6,9,12H,7-8H2,1H3,(H,17,19)(H,18,22)(H,20,21)(H,23,24)/p-2/b13-9+/t12-/m0/s1. The monoisotopic (exact) mass is 332 g/mol. The van der Waals surface area contributed by atoms with E-state index in [1.807, 2.05) is 0 Å². The third-order valence-electron chi connectivity index (χ3n) is 2.89. The van der Waals surface area contributed by atoms with Crippen molar-refractivity contribution in [2.45, 2.75) is 25.8 Å². The summed E-state index contributed by atoms with van der Waals surface area (Å²) in [5, 5.41) is 25.9. The number of carbonyl (C=O) groups excluding carboxylic acids is 4. The van der Waals surface area contributed by atoms with Crippen molar-refractivity contribution in [1.82, 2.24) is 10.6 Å². The number of benzene rings is 1. The molecule has 1 atom stereocenters. The Bertz CT molecular complexity index is 654. The van der Waals surface area contributed by atoms with Gasteiger partial charge in [0.2, 0.25) is 5.91 Å². The first kappa shape index (κ1) is 18.9. The van der Waals surface area contributed by atoms with Gasteiger partial charge in [-0.2, -0.15) is 0 Å². The number of carbonyl (C=O) groups is 4. The second-order valence-corrected chi connectivity index (χ2v) is 4.91. The van der Waals surface area contributed by atoms with Gasteiger partial charge in [0.15, 0.2) is 0 Å². The van der Waals surface area contributed by atoms with Crippen molar-refractivity contribution in [3.05, 3.63) is 41.6 Å². The minimum Gasteiger partial charge on any atom is -0.550 e. The van der Waals surface area contributed by atoms with Crippen LogP contribution in [0, 0.1) is 0 Å². The first-order valence-corrected chi connectivity index (χ1v) is 7.05. The summed E-state index contributed by atoms with van der Waals surface area (Å²) < 4.78 is 0. The number of rotatable bonds is 8. The first-order valence-electron chi connectivity index (χ1n) is 7.05. The Balaban J connectivity index is 2.94. The molecular formula is C16H16N2O6-2. The molecule has 0 aliphatic rings. The Labute approximate surface area is 138 Å². The average molecular weight is 332 g/mol. The molecule has 0 aliphatic heterocycles. The van der Waals surface area contributed by atoms with Crippen molar-refractivity contribution in [3.8, 4) is 0 Å². The van der Waals surface area contributed by atoms with Crippen LogP contribution < -0.4 is 20.8 Å². The van der Waals surface area contributed by atoms with E-state index >= 15 is 0 Å². The Morgan fingerprint density at radius 2 is 1.75 bits per heavy atom. The number of aliphatic carboxylic acids is 2. The molecule has 8 heteroatoms. The fourth-order valence-corrected chi connectivity index (χ4v) is 1.81. The fraction of sp³-hybridized carbons (Fsp3) is 0.250. The van der Waals surface area contributed by atoms with Crippen LogP contribution in [0.1, 0.15) is 25.3 Å². The van der Waals surface area contributed by atoms with E-state index in [0.717, 1.165) is 0 Å². The number of hydrogen-bond acceptors (Lipinski definition) is 6. The van der Waals surface area contributed by atoms with E-state index < -0.39 is 42.6 Å². The van der Waals surface area contributed by atoms with Crippen LogP contribution in [0.25, 0.3) is 6.08 Å². The van der Waals surface area contributed by atoms with Crippen molar-refractivity contribution in [1.29, 1.82) is 0 Å². The van der Waals surface area contributed by atoms with Crippen molar-refractivity contribution in [3.63, 3.8) is 0 Å². The molecule has 128 valence electrons. The number of hydrogen-bond donors (Lipinski definition) is 2. The second kappa shape index (κ2) is 9.09. The highest BCUT2D eigenvalue weighted by Gasteiger charge is 2.17. The SMILES string of the molecule is CC(=O)N/C(=C/c1ccccc1)C(=O)N[C@@H](CCC(=O)[O-])C(=O)[O-]. The van der Waals surface area contributed by atoms with Gasteiger partial charge in [-0.05, 0) is 24.5 Å². The average Bonchev–Trinajstić information content (AvgIpc) is 2.50. The molecule has 1 rings (SSSR count). The molecule has 0 aliphatic carbocycles. The van der Waals surface area contributed by atoms with E-state index in [0.29, 0.717) is 5.56 Å². The smallest absolute Gasteiger partial charge is 0.268 e. The molecule has 0 saturated carbocycles. The van der Waals surface area contributed by atoms with Gasteiger partial charge in [-0.25, -0.2) is 0 Å². The molecule has 2 N–H and O–H groups in total. The van der Waals surface area contributed by atoms with Crippen molar-refractivity contribution >= 4 is 29.8 Å². The Hall–Kier alpha value is -3.16. The highest BCUT2D eigenvalue weighted by atomic mass is 16.4. The van der Waals surface area contributed by atoms with Crippen LogP contribution in [0.3, 0.4) is 0 Å². The van der Waals surface area contributed by atoms with Crippen LogP contribution in [0.2, 0.25) is 0 Å². The number of carboxylic acid groups (broad SMARTS) is 2. The normalized spacial score (nSPS) is 12.1. The molecule has 1 aromatic rings. The fourth-order valence-electron chi connectivity index (χ4n) is 1.81. The van der Waals surface area contributed by atoms with Crippen LogP contribution >= 0.6 is 0 Å². The molecule has 0 saturated heterocycles. The zero-order valence-corrected chi connectivity index (χ0v) is 12.9. The molecular weight excluding hydrogens is 316 g/mol. The maximum absolute atomic E-state index is 12.2. The molecule has 8 nitrogen and oxygen atoms in total. The lowest BCUT2D eigenvalue weighted by Gasteiger charge is -2.21. The van der Waals surface area contributed by atoms with Crippen molar-refractivity contribution < 1.29 is 29.4 Å². The Morgan fingerprint density at radius 3 is 2.25 bits per heavy atom. The van der Waals surface area contributed by atoms with Gasteiger partial charge >= 0.3 is 0 Å². The first-order chi connectivity index (χ1) is 11.3. The highest BCUT2D eigenvalue weighted by Crippen LogP contribution is 2.06. The molecule has 0 heterocycles. The van der Waals surface area contributed by atoms with Gasteiger partial charge in [0.05, 0.1) is 12.0 Å². The summed E-state index contributed by atoms with van der Waals surface area (Å²) in [6.45, 7) is 1.19. The second-order valence-electron chi connectivity index (χ2n) is 4.91. The van der Waals surface area contributed by atoms with Crippen LogP contribution in [-0.4, -0.2) is 29.8 Å². The molecule has 24 heavy (non-hydrogen) atoms. The molecule has 0 unspecified atom stereocenters. The molecule has 0 spiro atoms. The lowest BCUT2D eigenvalue weighted by atomic mass is 10.1. The van der Waals surface area contributed by atoms with Crippen LogP contribution in [0.5, 0.6) is 0 Å². The molecule has 0 bridgehead atoms. The maximum Gasteiger partial charge on any atom is 0.268 e. The lowest BCUT2D eigenvalue weighted by molar-refractivity contribution is -0.310. The molecule has 0 radical (unpaired) electrons. The maximum atomic E-state index is 12.2. The summed E-state index contributed by atoms with van der Waals surface area (Å²) in [6.07, 6.45) is 0.410. The van der Waals surface area contributed by atoms with E-state index in [2.05, 4.69) is 10.6 Å². The summed E-state index contributed by atoms with van der Waals surface area (Å²) in [6, 6.07) is 7.05. The number of nitrogens with one attached hydrogen (secondary N) is 2. The lowest BCUT2D eigenvalue weighted by Crippen LogP contribution is -2.50. The van der Waals surface area contributed by atoms with E-state index in [1.165, 1.54) is 13.0 Å². The zero-order chi connectivity index (χ0) is 18.1. The third-order valence-corrected chi connectivity index (χ3v) is 2.89. The van der Waals surface area contributed by atoms with Gasteiger partial charge in [-0.1, -0.05) is 30.3 Å². The minimum absolute atomic E-state index is 0.173. The topological polar surface area (TPSA) is 138 Å². The summed E-state index contributed by atoms with van der Waals surface area (Å²) in [5.74, 6) is -4.47. The van der Waals surface area contributed by atoms with Crippen molar-refractivity contribution in [2.24, 2.45) is 0 Å². The van der Waals surface area contributed by atoms with Gasteiger partial charge in [-0.3, -0.25) is 9.59 Å². The van der Waals surface area contributed by atoms with Gasteiger partial charge < -0.3 is 30.4 Å². The predicted octanol–water partition coefficient (Wildman–Crippen LogP) is -2.07. The van der Waals surface area contributed by atoms with Gasteiger partial charge in [0.25, 0.3) is 5.91 Å². The van der Waals surface area contributed by atoms with Crippen LogP contribution in [0.15, 0.2) is 36.0 Å². The Kier molecular flexibility index (Phi) is 7.15. The van der Waals surface area contributed by atoms with Gasteiger partial charge in [0, 0.05) is 12.9 Å². The largest absolute Gasteiger partial charge is 0.550 e. The summed E-state index contributed by atoms with van der Waals surface area (Å²) in [4.78, 5) is 44.9. The van der Waals surface area contributed by atoms with Gasteiger partial charge in [-0.15, -0.1) is 0 Å². The third kappa shape index (κ3) is 6.73. The van der Waals surface area contributed by atoms with Crippen molar-refractivity contribution in [2.75, 3.05) is 0 Å². The summed E-state index contributed by atoms with van der Waals surface area (Å²) in [5.41, 5.74) is 0.435. The number of amides is 2. The molecule has 0 fully saturated rings. The van der Waals surface area contributed by atoms with Crippen LogP contribution in [-0.2, 0) is 19.2 Å². The minimum atomic E-state index is -1.63. The summed E-state index contributed by atoms with van der Waals surface area (Å²) >= 11 is 0. The molecule has 1 aromatic carbocycles. The predicted molar refractivity (Wildman–Crippen MR) is 79.4 cm³/mol. The highest BCUT2D eigenvalue weighted by molar-refractivity contribution is 6.02. The zero-order valence-electron chi connectivity index (χ0n) is 12.9. The number of carboxylic acids is 2. The van der Waals surface area contributed by atoms with E-state index in [1.54, 1.807) is 30.3 Å². The quantitative estimate of drug-likeness (QED) is 0.524. The molecule has 0 aromatic heterocycles. The van der Waals surface area contributed by atoms with Crippen LogP contribution in [0.4, 0.5) is 0 Å². The van der Waals surface area contributed by atoms with Gasteiger partial charge in [0.1, 0.15) is 5.70 Å². The van der Waals surface area contributed by atoms with E-state index in [9.17, 15) is 29.4 Å².